The summed E-state index contributed by atoms with van der Waals surface area (Å²) in [6.07, 6.45) is 5.41. The molecule has 0 unspecified atom stereocenters. The van der Waals surface area contributed by atoms with Crippen molar-refractivity contribution in [3.05, 3.63) is 42.0 Å². The highest BCUT2D eigenvalue weighted by Gasteiger charge is 1.81. The third-order valence-electron chi connectivity index (χ3n) is 2.43. The predicted octanol–water partition coefficient (Wildman–Crippen LogP) is 4.07. The zero-order valence-electron chi connectivity index (χ0n) is 11.1. The van der Waals surface area contributed by atoms with E-state index in [1.165, 1.54) is 5.56 Å². The lowest BCUT2D eigenvalue weighted by atomic mass is 10.2. The fourth-order valence-electron chi connectivity index (χ4n) is 1.04. The summed E-state index contributed by atoms with van der Waals surface area (Å²) in [6.45, 7) is 8.78. The summed E-state index contributed by atoms with van der Waals surface area (Å²) in [4.78, 5) is 2.25. The molecule has 0 amide bonds. The van der Waals surface area contributed by atoms with Gasteiger partial charge < -0.3 is 4.90 Å². The number of rotatable bonds is 4. The van der Waals surface area contributed by atoms with Gasteiger partial charge in [-0.2, -0.15) is 0 Å². The average Bonchev–Trinajstić information content (AvgIpc) is 2.37. The van der Waals surface area contributed by atoms with Crippen LogP contribution in [0, 0.1) is 0 Å². The molecule has 16 heavy (non-hydrogen) atoms. The molecule has 0 N–H and O–H groups in total. The van der Waals surface area contributed by atoms with E-state index in [0.29, 0.717) is 0 Å². The lowest BCUT2D eigenvalue weighted by Crippen LogP contribution is -2.15. The lowest BCUT2D eigenvalue weighted by molar-refractivity contribution is 0.373. The highest BCUT2D eigenvalue weighted by atomic mass is 15.1. The molecular formula is C15H25N. The zero-order chi connectivity index (χ0) is 12.2. The van der Waals surface area contributed by atoms with E-state index in [2.05, 4.69) is 69.1 Å². The van der Waals surface area contributed by atoms with Crippen molar-refractivity contribution in [1.29, 1.82) is 0 Å². The predicted molar refractivity (Wildman–Crippen MR) is 74.6 cm³/mol. The Morgan fingerprint density at radius 3 is 1.94 bits per heavy atom. The Morgan fingerprint density at radius 1 is 1.00 bits per heavy atom. The van der Waals surface area contributed by atoms with Gasteiger partial charge in [-0.3, -0.25) is 0 Å². The number of allylic oxidation sites excluding steroid dienone is 1. The van der Waals surface area contributed by atoms with Crippen molar-refractivity contribution in [3.63, 3.8) is 0 Å². The molecule has 1 aromatic rings. The van der Waals surface area contributed by atoms with Crippen molar-refractivity contribution < 1.29 is 0 Å². The first-order valence-corrected chi connectivity index (χ1v) is 6.14. The smallest absolute Gasteiger partial charge is 0.00504 e. The molecule has 0 saturated carbocycles. The van der Waals surface area contributed by atoms with Crippen LogP contribution in [0.5, 0.6) is 0 Å². The van der Waals surface area contributed by atoms with E-state index in [0.717, 1.165) is 19.5 Å². The van der Waals surface area contributed by atoms with Gasteiger partial charge >= 0.3 is 0 Å². The summed E-state index contributed by atoms with van der Waals surface area (Å²) < 4.78 is 0. The zero-order valence-corrected chi connectivity index (χ0v) is 11.1. The molecule has 0 radical (unpaired) electrons. The first kappa shape index (κ1) is 14.9. The van der Waals surface area contributed by atoms with Crippen LogP contribution in [0.15, 0.2) is 36.4 Å². The van der Waals surface area contributed by atoms with Gasteiger partial charge in [-0.15, -0.1) is 0 Å². The summed E-state index contributed by atoms with van der Waals surface area (Å²) in [5.74, 6) is 0. The third-order valence-corrected chi connectivity index (χ3v) is 2.43. The van der Waals surface area contributed by atoms with Crippen LogP contribution in [0.2, 0.25) is 0 Å². The first-order valence-electron chi connectivity index (χ1n) is 6.14. The van der Waals surface area contributed by atoms with E-state index in [4.69, 9.17) is 0 Å². The molecule has 0 fully saturated rings. The van der Waals surface area contributed by atoms with Gasteiger partial charge in [-0.05, 0) is 32.1 Å². The Labute approximate surface area is 101 Å². The quantitative estimate of drug-likeness (QED) is 0.738. The van der Waals surface area contributed by atoms with Gasteiger partial charge in [0, 0.05) is 0 Å². The van der Waals surface area contributed by atoms with Crippen molar-refractivity contribution in [1.82, 2.24) is 4.90 Å². The summed E-state index contributed by atoms with van der Waals surface area (Å²) in [5.41, 5.74) is 1.28. The molecule has 0 spiro atoms. The van der Waals surface area contributed by atoms with Crippen LogP contribution < -0.4 is 0 Å². The van der Waals surface area contributed by atoms with Crippen LogP contribution in [-0.4, -0.2) is 25.0 Å². The highest BCUT2D eigenvalue weighted by Crippen LogP contribution is 2.00. The van der Waals surface area contributed by atoms with Crippen LogP contribution in [0.4, 0.5) is 0 Å². The fraction of sp³-hybridized carbons (Fsp3) is 0.467. The van der Waals surface area contributed by atoms with Gasteiger partial charge in [0.1, 0.15) is 0 Å². The van der Waals surface area contributed by atoms with Crippen molar-refractivity contribution in [3.8, 4) is 0 Å². The molecule has 0 bridgehead atoms. The molecule has 0 aliphatic carbocycles. The van der Waals surface area contributed by atoms with E-state index >= 15 is 0 Å². The molecule has 90 valence electrons. The van der Waals surface area contributed by atoms with Gasteiger partial charge in [0.2, 0.25) is 0 Å². The molecular weight excluding hydrogens is 194 g/mol. The van der Waals surface area contributed by atoms with E-state index in [1.807, 2.05) is 6.07 Å². The molecule has 0 aromatic heterocycles. The Morgan fingerprint density at radius 2 is 1.56 bits per heavy atom. The van der Waals surface area contributed by atoms with Gasteiger partial charge in [0.05, 0.1) is 0 Å². The highest BCUT2D eigenvalue weighted by molar-refractivity contribution is 5.48. The van der Waals surface area contributed by atoms with E-state index in [1.54, 1.807) is 0 Å². The maximum absolute atomic E-state index is 2.25. The van der Waals surface area contributed by atoms with Crippen molar-refractivity contribution in [2.75, 3.05) is 20.1 Å². The standard InChI is InChI=1S/C10H12.C5H13N/c1-2-3-7-10-8-5-4-6-9-10;1-4-6(3)5-2/h3-9H,2H2,1H3;4-5H2,1-3H3/b7-3+;. The lowest BCUT2D eigenvalue weighted by Gasteiger charge is -2.07. The van der Waals surface area contributed by atoms with Crippen LogP contribution >= 0.6 is 0 Å². The van der Waals surface area contributed by atoms with Crippen molar-refractivity contribution in [2.45, 2.75) is 27.2 Å². The van der Waals surface area contributed by atoms with Crippen molar-refractivity contribution in [2.24, 2.45) is 0 Å². The maximum Gasteiger partial charge on any atom is -0.00504 e. The minimum absolute atomic E-state index is 1.11. The Kier molecular flexibility index (Phi) is 9.73. The summed E-state index contributed by atoms with van der Waals surface area (Å²) in [7, 11) is 2.11. The van der Waals surface area contributed by atoms with Crippen LogP contribution in [0.25, 0.3) is 6.08 Å². The number of hydrogen-bond donors (Lipinski definition) is 0. The van der Waals surface area contributed by atoms with E-state index < -0.39 is 0 Å². The monoisotopic (exact) mass is 219 g/mol. The molecule has 1 nitrogen and oxygen atoms in total. The average molecular weight is 219 g/mol. The third kappa shape index (κ3) is 8.25. The van der Waals surface area contributed by atoms with Gasteiger partial charge in [-0.1, -0.05) is 63.3 Å². The first-order chi connectivity index (χ1) is 7.74. The topological polar surface area (TPSA) is 3.24 Å². The van der Waals surface area contributed by atoms with E-state index in [-0.39, 0.29) is 0 Å². The molecule has 0 saturated heterocycles. The van der Waals surface area contributed by atoms with Crippen LogP contribution in [0.1, 0.15) is 32.8 Å². The number of nitrogens with zero attached hydrogens (tertiary/aromatic N) is 1. The van der Waals surface area contributed by atoms with Crippen molar-refractivity contribution >= 4 is 6.08 Å². The maximum atomic E-state index is 2.25. The molecule has 1 aromatic carbocycles. The number of hydrogen-bond acceptors (Lipinski definition) is 1. The van der Waals surface area contributed by atoms with Gasteiger partial charge in [0.15, 0.2) is 0 Å². The second-order valence-corrected chi connectivity index (χ2v) is 3.71. The summed E-state index contributed by atoms with van der Waals surface area (Å²) in [6, 6.07) is 10.3. The minimum Gasteiger partial charge on any atom is -0.307 e. The molecule has 1 heteroatoms. The molecule has 0 aliphatic heterocycles. The Balaban J connectivity index is 0.000000325. The Hall–Kier alpha value is -1.08. The minimum atomic E-state index is 1.11. The fourth-order valence-corrected chi connectivity index (χ4v) is 1.04. The largest absolute Gasteiger partial charge is 0.307 e. The SMILES string of the molecule is CC/C=C/c1ccccc1.CCN(C)CC. The number of benzene rings is 1. The molecule has 0 heterocycles. The summed E-state index contributed by atoms with van der Waals surface area (Å²) >= 11 is 0. The van der Waals surface area contributed by atoms with Crippen LogP contribution in [0.3, 0.4) is 0 Å². The molecule has 0 aliphatic rings. The molecule has 0 atom stereocenters. The van der Waals surface area contributed by atoms with Gasteiger partial charge in [-0.25, -0.2) is 0 Å². The summed E-state index contributed by atoms with van der Waals surface area (Å²) in [5, 5.41) is 0. The van der Waals surface area contributed by atoms with E-state index in [9.17, 15) is 0 Å². The molecule has 1 rings (SSSR count). The van der Waals surface area contributed by atoms with Gasteiger partial charge in [0.25, 0.3) is 0 Å². The normalized spacial score (nSPS) is 10.3. The Bertz CT molecular complexity index is 260. The second kappa shape index (κ2) is 10.4. The second-order valence-electron chi connectivity index (χ2n) is 3.71. The van der Waals surface area contributed by atoms with Crippen LogP contribution in [-0.2, 0) is 0 Å².